The van der Waals surface area contributed by atoms with Gasteiger partial charge >= 0.3 is 0 Å². The summed E-state index contributed by atoms with van der Waals surface area (Å²) in [5.41, 5.74) is 6.06. The molecule has 128 valence electrons. The molecule has 0 amide bonds. The van der Waals surface area contributed by atoms with Gasteiger partial charge in [-0.25, -0.2) is 0 Å². The molecule has 4 heteroatoms. The standard InChI is InChI=1S/C18H30N2.2ClH/c1-13-11-14(2)16(15(3)12-13)17(18(4,5)6)20-9-7-19-8-10-20;;/h11-12,17,19H,7-10H2,1-6H3;2*1H/t17-;;/m1../s1. The lowest BCUT2D eigenvalue weighted by Crippen LogP contribution is -2.48. The molecule has 0 aromatic heterocycles. The molecule has 1 heterocycles. The molecule has 0 unspecified atom stereocenters. The van der Waals surface area contributed by atoms with Crippen molar-refractivity contribution in [2.24, 2.45) is 5.41 Å². The summed E-state index contributed by atoms with van der Waals surface area (Å²) >= 11 is 0. The Morgan fingerprint density at radius 3 is 1.82 bits per heavy atom. The van der Waals surface area contributed by atoms with Gasteiger partial charge in [-0.15, -0.1) is 24.8 Å². The molecule has 1 aliphatic rings. The van der Waals surface area contributed by atoms with Crippen LogP contribution in [-0.2, 0) is 0 Å². The van der Waals surface area contributed by atoms with Crippen LogP contribution in [0, 0.1) is 26.2 Å². The molecular weight excluding hydrogens is 315 g/mol. The first-order valence-electron chi connectivity index (χ1n) is 7.83. The Balaban J connectivity index is 0.00000220. The van der Waals surface area contributed by atoms with Crippen molar-refractivity contribution in [2.75, 3.05) is 26.2 Å². The van der Waals surface area contributed by atoms with E-state index < -0.39 is 0 Å². The maximum atomic E-state index is 3.47. The highest BCUT2D eigenvalue weighted by Gasteiger charge is 2.34. The predicted molar refractivity (Wildman–Crippen MR) is 102 cm³/mol. The van der Waals surface area contributed by atoms with Gasteiger partial charge in [-0.3, -0.25) is 4.90 Å². The second-order valence-corrected chi connectivity index (χ2v) is 7.37. The minimum Gasteiger partial charge on any atom is -0.314 e. The number of piperazine rings is 1. The van der Waals surface area contributed by atoms with E-state index in [1.165, 1.54) is 16.7 Å². The van der Waals surface area contributed by atoms with Gasteiger partial charge < -0.3 is 5.32 Å². The summed E-state index contributed by atoms with van der Waals surface area (Å²) in [6, 6.07) is 5.18. The maximum Gasteiger partial charge on any atom is 0.0402 e. The van der Waals surface area contributed by atoms with Crippen LogP contribution in [0.4, 0.5) is 0 Å². The monoisotopic (exact) mass is 346 g/mol. The molecule has 1 saturated heterocycles. The minimum absolute atomic E-state index is 0. The summed E-state index contributed by atoms with van der Waals surface area (Å²) in [5.74, 6) is 0. The molecule has 1 N–H and O–H groups in total. The van der Waals surface area contributed by atoms with Gasteiger partial charge in [0, 0.05) is 32.2 Å². The van der Waals surface area contributed by atoms with Crippen molar-refractivity contribution in [2.45, 2.75) is 47.6 Å². The van der Waals surface area contributed by atoms with Gasteiger partial charge in [-0.1, -0.05) is 38.5 Å². The van der Waals surface area contributed by atoms with E-state index in [0.29, 0.717) is 6.04 Å². The van der Waals surface area contributed by atoms with Crippen LogP contribution >= 0.6 is 24.8 Å². The summed E-state index contributed by atoms with van der Waals surface area (Å²) in [5, 5.41) is 3.47. The van der Waals surface area contributed by atoms with Crippen molar-refractivity contribution in [1.82, 2.24) is 10.2 Å². The van der Waals surface area contributed by atoms with Gasteiger partial charge in [-0.05, 0) is 42.9 Å². The van der Waals surface area contributed by atoms with Crippen LogP contribution in [0.2, 0.25) is 0 Å². The van der Waals surface area contributed by atoms with Crippen LogP contribution in [-0.4, -0.2) is 31.1 Å². The van der Waals surface area contributed by atoms with Gasteiger partial charge in [0.2, 0.25) is 0 Å². The lowest BCUT2D eigenvalue weighted by Gasteiger charge is -2.44. The van der Waals surface area contributed by atoms with Crippen molar-refractivity contribution in [3.05, 3.63) is 34.4 Å². The average molecular weight is 347 g/mol. The molecule has 0 aliphatic carbocycles. The normalized spacial score (nSPS) is 17.4. The number of benzene rings is 1. The van der Waals surface area contributed by atoms with E-state index in [0.717, 1.165) is 26.2 Å². The molecule has 0 radical (unpaired) electrons. The molecule has 2 rings (SSSR count). The average Bonchev–Trinajstić information content (AvgIpc) is 2.33. The Morgan fingerprint density at radius 2 is 1.41 bits per heavy atom. The molecule has 0 bridgehead atoms. The highest BCUT2D eigenvalue weighted by Crippen LogP contribution is 2.41. The van der Waals surface area contributed by atoms with Crippen molar-refractivity contribution >= 4 is 24.8 Å². The Kier molecular flexibility index (Phi) is 8.43. The summed E-state index contributed by atoms with van der Waals surface area (Å²) in [6.07, 6.45) is 0. The molecule has 2 nitrogen and oxygen atoms in total. The fourth-order valence-corrected chi connectivity index (χ4v) is 3.73. The third kappa shape index (κ3) is 4.86. The second kappa shape index (κ2) is 8.54. The molecule has 0 saturated carbocycles. The number of nitrogens with zero attached hydrogens (tertiary/aromatic N) is 1. The Bertz CT molecular complexity index is 451. The van der Waals surface area contributed by atoms with E-state index in [1.807, 2.05) is 0 Å². The van der Waals surface area contributed by atoms with Crippen molar-refractivity contribution in [3.63, 3.8) is 0 Å². The van der Waals surface area contributed by atoms with Crippen LogP contribution < -0.4 is 5.32 Å². The highest BCUT2D eigenvalue weighted by molar-refractivity contribution is 5.85. The first-order valence-corrected chi connectivity index (χ1v) is 7.83. The molecule has 0 spiro atoms. The third-order valence-electron chi connectivity index (χ3n) is 4.35. The Morgan fingerprint density at radius 1 is 0.955 bits per heavy atom. The number of hydrogen-bond acceptors (Lipinski definition) is 2. The van der Waals surface area contributed by atoms with Gasteiger partial charge in [0.05, 0.1) is 0 Å². The van der Waals surface area contributed by atoms with E-state index in [9.17, 15) is 0 Å². The fourth-order valence-electron chi connectivity index (χ4n) is 3.73. The van der Waals surface area contributed by atoms with Gasteiger partial charge in [0.25, 0.3) is 0 Å². The van der Waals surface area contributed by atoms with Crippen LogP contribution in [0.5, 0.6) is 0 Å². The molecule has 1 atom stereocenters. The number of rotatable bonds is 2. The lowest BCUT2D eigenvalue weighted by molar-refractivity contribution is 0.0853. The number of aryl methyl sites for hydroxylation is 3. The fraction of sp³-hybridized carbons (Fsp3) is 0.667. The molecule has 1 aromatic rings. The van der Waals surface area contributed by atoms with Crippen LogP contribution in [0.1, 0.15) is 49.1 Å². The Labute approximate surface area is 148 Å². The second-order valence-electron chi connectivity index (χ2n) is 7.37. The molecule has 1 fully saturated rings. The quantitative estimate of drug-likeness (QED) is 0.850. The van der Waals surface area contributed by atoms with Gasteiger partial charge in [0.15, 0.2) is 0 Å². The number of hydrogen-bond donors (Lipinski definition) is 1. The third-order valence-corrected chi connectivity index (χ3v) is 4.35. The summed E-state index contributed by atoms with van der Waals surface area (Å²) in [7, 11) is 0. The minimum atomic E-state index is 0. The first-order chi connectivity index (χ1) is 9.30. The summed E-state index contributed by atoms with van der Waals surface area (Å²) in [4.78, 5) is 2.67. The van der Waals surface area contributed by atoms with Crippen molar-refractivity contribution < 1.29 is 0 Å². The highest BCUT2D eigenvalue weighted by atomic mass is 35.5. The van der Waals surface area contributed by atoms with E-state index in [2.05, 4.69) is 63.9 Å². The zero-order chi connectivity index (χ0) is 14.9. The largest absolute Gasteiger partial charge is 0.314 e. The van der Waals surface area contributed by atoms with E-state index in [1.54, 1.807) is 5.56 Å². The van der Waals surface area contributed by atoms with E-state index in [4.69, 9.17) is 0 Å². The smallest absolute Gasteiger partial charge is 0.0402 e. The van der Waals surface area contributed by atoms with Crippen molar-refractivity contribution in [1.29, 1.82) is 0 Å². The van der Waals surface area contributed by atoms with E-state index in [-0.39, 0.29) is 30.2 Å². The zero-order valence-electron chi connectivity index (χ0n) is 14.8. The maximum absolute atomic E-state index is 3.47. The summed E-state index contributed by atoms with van der Waals surface area (Å²) in [6.45, 7) is 18.4. The SMILES string of the molecule is Cc1cc(C)c([C@@H](N2CCNCC2)C(C)(C)C)c(C)c1.Cl.Cl. The number of halogens is 2. The van der Waals surface area contributed by atoms with Crippen LogP contribution in [0.25, 0.3) is 0 Å². The molecule has 22 heavy (non-hydrogen) atoms. The molecule has 1 aromatic carbocycles. The lowest BCUT2D eigenvalue weighted by atomic mass is 9.77. The van der Waals surface area contributed by atoms with Crippen LogP contribution in [0.3, 0.4) is 0 Å². The van der Waals surface area contributed by atoms with Crippen molar-refractivity contribution in [3.8, 4) is 0 Å². The van der Waals surface area contributed by atoms with E-state index >= 15 is 0 Å². The van der Waals surface area contributed by atoms with Gasteiger partial charge in [0.1, 0.15) is 0 Å². The Hall–Kier alpha value is -0.280. The van der Waals surface area contributed by atoms with Crippen LogP contribution in [0.15, 0.2) is 12.1 Å². The first kappa shape index (κ1) is 21.7. The topological polar surface area (TPSA) is 15.3 Å². The molecular formula is C18H32Cl2N2. The zero-order valence-corrected chi connectivity index (χ0v) is 16.5. The number of nitrogens with one attached hydrogen (secondary N) is 1. The molecule has 1 aliphatic heterocycles. The van der Waals surface area contributed by atoms with Gasteiger partial charge in [-0.2, -0.15) is 0 Å². The predicted octanol–water partition coefficient (Wildman–Crippen LogP) is 4.45. The summed E-state index contributed by atoms with van der Waals surface area (Å²) < 4.78 is 0.